The lowest BCUT2D eigenvalue weighted by Crippen LogP contribution is -2.52. The van der Waals surface area contributed by atoms with Crippen LogP contribution in [0.15, 0.2) is 35.7 Å². The molecule has 2 aromatic heterocycles. The smallest absolute Gasteiger partial charge is 0.320 e. The quantitative estimate of drug-likeness (QED) is 0.247. The van der Waals surface area contributed by atoms with Gasteiger partial charge in [0, 0.05) is 48.2 Å². The van der Waals surface area contributed by atoms with Crippen LogP contribution in [0.3, 0.4) is 0 Å². The number of fused-ring (bicyclic) bond motifs is 3. The number of carbonyl (C=O) groups excluding carboxylic acids is 3. The maximum absolute atomic E-state index is 14.8. The molecule has 2 aliphatic carbocycles. The number of hydrogen-bond donors (Lipinski definition) is 1. The van der Waals surface area contributed by atoms with E-state index in [1.54, 1.807) is 35.1 Å². The van der Waals surface area contributed by atoms with E-state index in [0.717, 1.165) is 52.0 Å². The molecule has 290 valence electrons. The predicted octanol–water partition coefficient (Wildman–Crippen LogP) is 7.31. The van der Waals surface area contributed by atoms with Gasteiger partial charge < -0.3 is 14.5 Å². The van der Waals surface area contributed by atoms with Gasteiger partial charge >= 0.3 is 6.03 Å². The summed E-state index contributed by atoms with van der Waals surface area (Å²) in [6.07, 6.45) is 6.95. The lowest BCUT2D eigenvalue weighted by Gasteiger charge is -2.35. The Hall–Kier alpha value is -3.84. The van der Waals surface area contributed by atoms with E-state index in [1.165, 1.54) is 0 Å². The fraction of sp³-hybridized carbons (Fsp3) is 0.585. The normalized spacial score (nSPS) is 27.3. The van der Waals surface area contributed by atoms with E-state index < -0.39 is 43.7 Å². The Morgan fingerprint density at radius 2 is 1.81 bits per heavy atom. The lowest BCUT2D eigenvalue weighted by molar-refractivity contribution is -0.133. The maximum atomic E-state index is 14.8. The van der Waals surface area contributed by atoms with E-state index in [9.17, 15) is 22.8 Å². The highest BCUT2D eigenvalue weighted by molar-refractivity contribution is 7.91. The van der Waals surface area contributed by atoms with Crippen LogP contribution in [-0.4, -0.2) is 82.9 Å². The standard InChI is InChI=1S/C41H53N5O6S2/c1-24(2)36-43-30(23-53-36)29-19-32(28-15-14-25(3)26(4)34(28)42-29)52-33-22-46-35(39(33,5)6)31(47)21-41(37(48)44-54(50,51)40(7)16-17-40)20-27(41)13-11-9-10-12-18-45(8)38(46)49/h11,13-15,19,23-24,27,33,35H,9-10,12,16-18,20-22H2,1-8H3,(H,44,48)/b13-11-/t27-,33+,35-,41-/m1/s1. The van der Waals surface area contributed by atoms with Gasteiger partial charge in [0.2, 0.25) is 15.9 Å². The molecule has 0 unspecified atom stereocenters. The van der Waals surface area contributed by atoms with Crippen LogP contribution in [0.5, 0.6) is 5.75 Å². The molecule has 0 spiro atoms. The molecular weight excluding hydrogens is 723 g/mol. The number of aromatic nitrogens is 2. The number of nitrogens with zero attached hydrogens (tertiary/aromatic N) is 4. The first-order chi connectivity index (χ1) is 25.4. The number of pyridine rings is 1. The second-order valence-corrected chi connectivity index (χ2v) is 20.3. The molecule has 4 aliphatic rings. The van der Waals surface area contributed by atoms with Crippen molar-refractivity contribution in [3.63, 3.8) is 0 Å². The van der Waals surface area contributed by atoms with Crippen molar-refractivity contribution in [1.82, 2.24) is 24.5 Å². The van der Waals surface area contributed by atoms with Crippen LogP contribution in [0, 0.1) is 30.6 Å². The highest BCUT2D eigenvalue weighted by Crippen LogP contribution is 2.58. The van der Waals surface area contributed by atoms with Crippen LogP contribution < -0.4 is 9.46 Å². The number of nitrogens with one attached hydrogen (secondary N) is 1. The highest BCUT2D eigenvalue weighted by atomic mass is 32.2. The molecule has 3 amide bonds. The average Bonchev–Trinajstić information content (AvgIpc) is 3.93. The zero-order valence-corrected chi connectivity index (χ0v) is 34.3. The molecule has 2 saturated carbocycles. The number of carbonyl (C=O) groups is 3. The van der Waals surface area contributed by atoms with E-state index in [2.05, 4.69) is 25.5 Å². The molecule has 3 fully saturated rings. The van der Waals surface area contributed by atoms with Gasteiger partial charge in [0.15, 0.2) is 5.78 Å². The number of ketones is 1. The Bertz CT molecular complexity index is 2150. The third-order valence-electron chi connectivity index (χ3n) is 12.5. The Morgan fingerprint density at radius 1 is 1.07 bits per heavy atom. The van der Waals surface area contributed by atoms with Crippen LogP contribution in [0.2, 0.25) is 0 Å². The number of Topliss-reactive ketones (excluding diaryl/α,β-unsaturated/α-hetero) is 1. The summed E-state index contributed by atoms with van der Waals surface area (Å²) >= 11 is 1.60. The molecule has 1 aromatic carbocycles. The van der Waals surface area contributed by atoms with Crippen molar-refractivity contribution in [2.24, 2.45) is 16.7 Å². The number of urea groups is 1. The van der Waals surface area contributed by atoms with Crippen molar-refractivity contribution in [3.8, 4) is 17.1 Å². The van der Waals surface area contributed by atoms with E-state index >= 15 is 0 Å². The molecule has 4 heterocycles. The van der Waals surface area contributed by atoms with Gasteiger partial charge in [-0.25, -0.2) is 23.2 Å². The fourth-order valence-corrected chi connectivity index (χ4v) is 10.3. The topological polar surface area (TPSA) is 139 Å². The van der Waals surface area contributed by atoms with Gasteiger partial charge in [-0.15, -0.1) is 11.3 Å². The van der Waals surface area contributed by atoms with Gasteiger partial charge in [0.1, 0.15) is 17.9 Å². The largest absolute Gasteiger partial charge is 0.487 e. The molecule has 7 rings (SSSR count). The van der Waals surface area contributed by atoms with Gasteiger partial charge in [0.25, 0.3) is 0 Å². The molecular formula is C41H53N5O6S2. The fourth-order valence-electron chi connectivity index (χ4n) is 8.13. The minimum atomic E-state index is -3.91. The van der Waals surface area contributed by atoms with Gasteiger partial charge in [-0.05, 0) is 82.4 Å². The number of allylic oxidation sites excluding steroid dienone is 2. The summed E-state index contributed by atoms with van der Waals surface area (Å²) in [5, 5.41) is 3.86. The average molecular weight is 776 g/mol. The summed E-state index contributed by atoms with van der Waals surface area (Å²) in [6, 6.07) is 4.77. The van der Waals surface area contributed by atoms with E-state index in [1.807, 2.05) is 56.5 Å². The molecule has 3 aromatic rings. The van der Waals surface area contributed by atoms with Crippen molar-refractivity contribution < 1.29 is 27.5 Å². The van der Waals surface area contributed by atoms with Crippen LogP contribution in [0.4, 0.5) is 4.79 Å². The SMILES string of the molecule is Cc1ccc2c(O[C@H]3CN4C(=O)N(C)CCCC/C=C\[C@@H]5C[C@@]5(C(=O)NS(=O)(=O)C5(C)CC5)CC(=O)[C@@H]4C3(C)C)cc(-c3csc(C(C)C)n3)nc2c1C. The van der Waals surface area contributed by atoms with Gasteiger partial charge in [-0.2, -0.15) is 0 Å². The summed E-state index contributed by atoms with van der Waals surface area (Å²) in [4.78, 5) is 56.3. The molecule has 1 N–H and O–H groups in total. The molecule has 1 saturated heterocycles. The number of thiazole rings is 1. The minimum Gasteiger partial charge on any atom is -0.487 e. The van der Waals surface area contributed by atoms with Crippen molar-refractivity contribution in [2.75, 3.05) is 20.1 Å². The van der Waals surface area contributed by atoms with Crippen LogP contribution in [0.25, 0.3) is 22.3 Å². The minimum absolute atomic E-state index is 0.153. The van der Waals surface area contributed by atoms with E-state index in [-0.39, 0.29) is 36.6 Å². The first-order valence-electron chi connectivity index (χ1n) is 19.2. The van der Waals surface area contributed by atoms with Gasteiger partial charge in [-0.1, -0.05) is 45.9 Å². The maximum Gasteiger partial charge on any atom is 0.320 e. The third-order valence-corrected chi connectivity index (χ3v) is 15.8. The number of amides is 3. The van der Waals surface area contributed by atoms with Crippen LogP contribution >= 0.6 is 11.3 Å². The van der Waals surface area contributed by atoms with Crippen molar-refractivity contribution >= 4 is 50.0 Å². The molecule has 2 aliphatic heterocycles. The second kappa shape index (κ2) is 13.7. The molecule has 0 radical (unpaired) electrons. The monoisotopic (exact) mass is 775 g/mol. The molecule has 13 heteroatoms. The zero-order chi connectivity index (χ0) is 39.0. The molecule has 54 heavy (non-hydrogen) atoms. The van der Waals surface area contributed by atoms with E-state index in [0.29, 0.717) is 37.3 Å². The van der Waals surface area contributed by atoms with Crippen molar-refractivity contribution in [2.45, 2.75) is 116 Å². The third kappa shape index (κ3) is 6.73. The first-order valence-corrected chi connectivity index (χ1v) is 21.6. The summed E-state index contributed by atoms with van der Waals surface area (Å²) in [5.41, 5.74) is 2.28. The van der Waals surface area contributed by atoms with Crippen molar-refractivity contribution in [1.29, 1.82) is 0 Å². The van der Waals surface area contributed by atoms with Crippen molar-refractivity contribution in [3.05, 3.63) is 51.9 Å². The van der Waals surface area contributed by atoms with E-state index in [4.69, 9.17) is 14.7 Å². The number of aryl methyl sites for hydroxylation is 2. The summed E-state index contributed by atoms with van der Waals surface area (Å²) in [6.45, 7) is 14.5. The summed E-state index contributed by atoms with van der Waals surface area (Å²) < 4.78 is 34.8. The summed E-state index contributed by atoms with van der Waals surface area (Å²) in [7, 11) is -2.15. The second-order valence-electron chi connectivity index (χ2n) is 17.2. The van der Waals surface area contributed by atoms with Gasteiger partial charge in [0.05, 0.1) is 38.6 Å². The number of hydrogen-bond acceptors (Lipinski definition) is 9. The number of rotatable bonds is 7. The predicted molar refractivity (Wildman–Crippen MR) is 211 cm³/mol. The number of ether oxygens (including phenoxy) is 1. The molecule has 11 nitrogen and oxygen atoms in total. The van der Waals surface area contributed by atoms with Crippen LogP contribution in [-0.2, 0) is 19.6 Å². The zero-order valence-electron chi connectivity index (χ0n) is 32.7. The Kier molecular flexibility index (Phi) is 9.77. The number of benzene rings is 1. The Labute approximate surface area is 323 Å². The molecule has 0 bridgehead atoms. The Balaban J connectivity index is 1.26. The lowest BCUT2D eigenvalue weighted by atomic mass is 9.77. The Morgan fingerprint density at radius 3 is 2.50 bits per heavy atom. The van der Waals surface area contributed by atoms with Crippen LogP contribution in [0.1, 0.15) is 102 Å². The first kappa shape index (κ1) is 38.4. The number of sulfonamides is 1. The molecule has 4 atom stereocenters. The highest BCUT2D eigenvalue weighted by Gasteiger charge is 2.64. The van der Waals surface area contributed by atoms with Gasteiger partial charge in [-0.3, -0.25) is 14.3 Å². The summed E-state index contributed by atoms with van der Waals surface area (Å²) in [5.74, 6) is -0.312.